The van der Waals surface area contributed by atoms with Gasteiger partial charge in [-0.05, 0) is 48.7 Å². The Balaban J connectivity index is 2.19. The van der Waals surface area contributed by atoms with Crippen LogP contribution in [0.25, 0.3) is 0 Å². The smallest absolute Gasteiger partial charge is 0.167 e. The Labute approximate surface area is 124 Å². The molecule has 104 valence electrons. The van der Waals surface area contributed by atoms with Crippen molar-refractivity contribution >= 4 is 17.4 Å². The van der Waals surface area contributed by atoms with Crippen LogP contribution in [0.4, 0.5) is 0 Å². The van der Waals surface area contributed by atoms with Gasteiger partial charge in [-0.2, -0.15) is 0 Å². The fourth-order valence-corrected chi connectivity index (χ4v) is 2.30. The van der Waals surface area contributed by atoms with Gasteiger partial charge >= 0.3 is 0 Å². The van der Waals surface area contributed by atoms with Crippen molar-refractivity contribution in [3.05, 3.63) is 63.7 Å². The van der Waals surface area contributed by atoms with Crippen LogP contribution in [0.5, 0.6) is 5.75 Å². The Bertz CT molecular complexity index is 647. The van der Waals surface area contributed by atoms with Crippen LogP contribution in [0.15, 0.2) is 36.4 Å². The number of ether oxygens (including phenoxy) is 1. The molecule has 0 fully saturated rings. The van der Waals surface area contributed by atoms with Gasteiger partial charge in [0, 0.05) is 12.0 Å². The molecule has 3 heteroatoms. The summed E-state index contributed by atoms with van der Waals surface area (Å²) in [5.41, 5.74) is 4.05. The molecule has 20 heavy (non-hydrogen) atoms. The van der Waals surface area contributed by atoms with Crippen LogP contribution in [0.1, 0.15) is 27.0 Å². The first-order valence-corrected chi connectivity index (χ1v) is 6.82. The van der Waals surface area contributed by atoms with E-state index in [1.54, 1.807) is 25.3 Å². The van der Waals surface area contributed by atoms with E-state index in [9.17, 15) is 4.79 Å². The number of rotatable bonds is 4. The quantitative estimate of drug-likeness (QED) is 0.780. The Morgan fingerprint density at radius 2 is 1.85 bits per heavy atom. The minimum Gasteiger partial charge on any atom is -0.495 e. The molecule has 2 aromatic rings. The van der Waals surface area contributed by atoms with Gasteiger partial charge in [0.15, 0.2) is 5.78 Å². The van der Waals surface area contributed by atoms with Gasteiger partial charge < -0.3 is 4.74 Å². The molecule has 0 saturated carbocycles. The molecule has 2 aromatic carbocycles. The lowest BCUT2D eigenvalue weighted by Gasteiger charge is -2.07. The van der Waals surface area contributed by atoms with E-state index in [1.165, 1.54) is 11.1 Å². The van der Waals surface area contributed by atoms with E-state index in [2.05, 4.69) is 13.0 Å². The summed E-state index contributed by atoms with van der Waals surface area (Å²) in [7, 11) is 1.55. The number of carbonyl (C=O) groups excluding carboxylic acids is 1. The van der Waals surface area contributed by atoms with Gasteiger partial charge in [0.1, 0.15) is 5.75 Å². The van der Waals surface area contributed by atoms with Crippen molar-refractivity contribution in [2.75, 3.05) is 7.11 Å². The molecule has 0 spiro atoms. The minimum absolute atomic E-state index is 0.0535. The molecular weight excluding hydrogens is 272 g/mol. The highest BCUT2D eigenvalue weighted by atomic mass is 35.5. The van der Waals surface area contributed by atoms with E-state index in [-0.39, 0.29) is 5.78 Å². The highest BCUT2D eigenvalue weighted by Gasteiger charge is 2.10. The highest BCUT2D eigenvalue weighted by molar-refractivity contribution is 6.32. The van der Waals surface area contributed by atoms with Gasteiger partial charge in [0.25, 0.3) is 0 Å². The van der Waals surface area contributed by atoms with Gasteiger partial charge in [0.2, 0.25) is 0 Å². The second kappa shape index (κ2) is 6.10. The Hall–Kier alpha value is -1.80. The van der Waals surface area contributed by atoms with Gasteiger partial charge in [0.05, 0.1) is 12.1 Å². The lowest BCUT2D eigenvalue weighted by Crippen LogP contribution is -2.04. The molecule has 0 amide bonds. The number of hydrogen-bond acceptors (Lipinski definition) is 2. The van der Waals surface area contributed by atoms with Gasteiger partial charge in [-0.1, -0.05) is 29.8 Å². The fraction of sp³-hybridized carbons (Fsp3) is 0.235. The predicted octanol–water partition coefficient (Wildman–Crippen LogP) is 4.39. The van der Waals surface area contributed by atoms with Crippen molar-refractivity contribution < 1.29 is 9.53 Å². The molecule has 2 nitrogen and oxygen atoms in total. The second-order valence-electron chi connectivity index (χ2n) is 4.87. The lowest BCUT2D eigenvalue weighted by atomic mass is 9.99. The van der Waals surface area contributed by atoms with Crippen molar-refractivity contribution in [2.24, 2.45) is 0 Å². The normalized spacial score (nSPS) is 10.4. The van der Waals surface area contributed by atoms with Crippen LogP contribution in [0, 0.1) is 13.8 Å². The maximum absolute atomic E-state index is 12.3. The third-order valence-corrected chi connectivity index (χ3v) is 3.71. The number of methoxy groups -OCH3 is 1. The number of aryl methyl sites for hydroxylation is 2. The summed E-state index contributed by atoms with van der Waals surface area (Å²) < 4.78 is 5.08. The maximum atomic E-state index is 12.3. The molecule has 0 unspecified atom stereocenters. The maximum Gasteiger partial charge on any atom is 0.167 e. The summed E-state index contributed by atoms with van der Waals surface area (Å²) >= 11 is 6.05. The van der Waals surface area contributed by atoms with Gasteiger partial charge in [-0.3, -0.25) is 4.79 Å². The second-order valence-corrected chi connectivity index (χ2v) is 5.28. The van der Waals surface area contributed by atoms with E-state index in [0.717, 1.165) is 5.56 Å². The number of carbonyl (C=O) groups is 1. The molecule has 0 aliphatic heterocycles. The highest BCUT2D eigenvalue weighted by Crippen LogP contribution is 2.25. The molecule has 0 bridgehead atoms. The molecular formula is C17H17ClO2. The van der Waals surface area contributed by atoms with E-state index >= 15 is 0 Å². The van der Waals surface area contributed by atoms with Crippen LogP contribution in [-0.2, 0) is 6.42 Å². The van der Waals surface area contributed by atoms with Crippen molar-refractivity contribution in [3.8, 4) is 5.75 Å². The zero-order valence-corrected chi connectivity index (χ0v) is 12.6. The zero-order valence-electron chi connectivity index (χ0n) is 11.9. The van der Waals surface area contributed by atoms with Crippen LogP contribution in [-0.4, -0.2) is 12.9 Å². The van der Waals surface area contributed by atoms with Crippen LogP contribution in [0.3, 0.4) is 0 Å². The van der Waals surface area contributed by atoms with E-state index in [4.69, 9.17) is 16.3 Å². The number of halogens is 1. The largest absolute Gasteiger partial charge is 0.495 e. The average molecular weight is 289 g/mol. The summed E-state index contributed by atoms with van der Waals surface area (Å²) in [6.45, 7) is 4.11. The Morgan fingerprint density at radius 1 is 1.10 bits per heavy atom. The Morgan fingerprint density at radius 3 is 2.45 bits per heavy atom. The minimum atomic E-state index is 0.0535. The number of hydrogen-bond donors (Lipinski definition) is 0. The van der Waals surface area contributed by atoms with E-state index < -0.39 is 0 Å². The fourth-order valence-electron chi connectivity index (χ4n) is 2.04. The Kier molecular flexibility index (Phi) is 4.46. The first kappa shape index (κ1) is 14.6. The molecule has 2 rings (SSSR count). The van der Waals surface area contributed by atoms with Crippen molar-refractivity contribution in [2.45, 2.75) is 20.3 Å². The third kappa shape index (κ3) is 3.20. The summed E-state index contributed by atoms with van der Waals surface area (Å²) in [5, 5.41) is 0.457. The number of benzene rings is 2. The van der Waals surface area contributed by atoms with Crippen molar-refractivity contribution in [1.82, 2.24) is 0 Å². The standard InChI is InChI=1S/C17H17ClO2/c1-11-4-5-13(8-12(11)2)9-16(19)14-6-7-17(20-3)15(18)10-14/h4-8,10H,9H2,1-3H3. The number of ketones is 1. The SMILES string of the molecule is COc1ccc(C(=O)Cc2ccc(C)c(C)c2)cc1Cl. The molecule has 0 saturated heterocycles. The average Bonchev–Trinajstić information content (AvgIpc) is 2.42. The van der Waals surface area contributed by atoms with E-state index in [0.29, 0.717) is 22.8 Å². The first-order chi connectivity index (χ1) is 9.51. The third-order valence-electron chi connectivity index (χ3n) is 3.41. The summed E-state index contributed by atoms with van der Waals surface area (Å²) in [5.74, 6) is 0.632. The van der Waals surface area contributed by atoms with Gasteiger partial charge in [-0.25, -0.2) is 0 Å². The zero-order chi connectivity index (χ0) is 14.7. The molecule has 0 radical (unpaired) electrons. The van der Waals surface area contributed by atoms with Crippen molar-refractivity contribution in [1.29, 1.82) is 0 Å². The molecule has 0 aliphatic carbocycles. The molecule has 0 aliphatic rings. The number of Topliss-reactive ketones (excluding diaryl/α,β-unsaturated/α-hetero) is 1. The van der Waals surface area contributed by atoms with Crippen LogP contribution >= 0.6 is 11.6 Å². The van der Waals surface area contributed by atoms with Crippen molar-refractivity contribution in [3.63, 3.8) is 0 Å². The molecule has 0 atom stereocenters. The predicted molar refractivity (Wildman–Crippen MR) is 82.0 cm³/mol. The summed E-state index contributed by atoms with van der Waals surface area (Å²) in [6.07, 6.45) is 0.379. The molecule has 0 aromatic heterocycles. The van der Waals surface area contributed by atoms with Crippen LogP contribution in [0.2, 0.25) is 5.02 Å². The van der Waals surface area contributed by atoms with Gasteiger partial charge in [-0.15, -0.1) is 0 Å². The summed E-state index contributed by atoms with van der Waals surface area (Å²) in [6, 6.07) is 11.2. The van der Waals surface area contributed by atoms with Crippen LogP contribution < -0.4 is 4.74 Å². The first-order valence-electron chi connectivity index (χ1n) is 6.44. The monoisotopic (exact) mass is 288 g/mol. The topological polar surface area (TPSA) is 26.3 Å². The van der Waals surface area contributed by atoms with E-state index in [1.807, 2.05) is 19.1 Å². The summed E-state index contributed by atoms with van der Waals surface area (Å²) in [4.78, 5) is 12.3. The molecule has 0 N–H and O–H groups in total. The molecule has 0 heterocycles. The lowest BCUT2D eigenvalue weighted by molar-refractivity contribution is 0.0993.